The number of unbranched alkanes of at least 4 members (excludes halogenated alkanes) is 5. The smallest absolute Gasteiger partial charge is 0.691 e. The maximum absolute atomic E-state index is 12.5. The van der Waals surface area contributed by atoms with Crippen LogP contribution in [0.3, 0.4) is 0 Å². The van der Waals surface area contributed by atoms with E-state index in [2.05, 4.69) is 23.2 Å². The van der Waals surface area contributed by atoms with Gasteiger partial charge in [0.2, 0.25) is 0 Å². The molecular formula is C18H31NaO7S. The van der Waals surface area contributed by atoms with E-state index in [0.717, 1.165) is 51.4 Å². The first-order valence-electron chi connectivity index (χ1n) is 9.60. The number of carbonyl (C=O) groups excluding carboxylic acids is 2. The molecule has 1 aliphatic heterocycles. The average molecular weight is 414 g/mol. The van der Waals surface area contributed by atoms with Crippen LogP contribution < -0.4 is 34.8 Å². The Kier molecular flexibility index (Phi) is 17.2. The van der Waals surface area contributed by atoms with Gasteiger partial charge in [0.25, 0.3) is 0 Å². The summed E-state index contributed by atoms with van der Waals surface area (Å²) < 4.78 is 14.9. The summed E-state index contributed by atoms with van der Waals surface area (Å²) in [5.74, 6) is -1.69. The van der Waals surface area contributed by atoms with Crippen molar-refractivity contribution in [3.05, 3.63) is 0 Å². The molecule has 0 spiro atoms. The van der Waals surface area contributed by atoms with Gasteiger partial charge in [0, 0.05) is 12.0 Å². The van der Waals surface area contributed by atoms with E-state index in [4.69, 9.17) is 9.47 Å². The number of carbonyl (C=O) groups is 2. The van der Waals surface area contributed by atoms with Crippen LogP contribution in [0, 0.1) is 11.8 Å². The average Bonchev–Trinajstić information content (AvgIpc) is 2.64. The first-order valence-corrected chi connectivity index (χ1v) is 10.4. The van der Waals surface area contributed by atoms with E-state index in [1.165, 1.54) is 0 Å². The zero-order valence-electron chi connectivity index (χ0n) is 16.8. The van der Waals surface area contributed by atoms with Gasteiger partial charge in [0.1, 0.15) is 5.25 Å². The molecule has 1 fully saturated rings. The summed E-state index contributed by atoms with van der Waals surface area (Å²) in [7, 11) is 0. The summed E-state index contributed by atoms with van der Waals surface area (Å²) >= 11 is 0.539. The molecule has 0 aromatic carbocycles. The normalized spacial score (nSPS) is 20.5. The minimum atomic E-state index is -0.964. The fourth-order valence-electron chi connectivity index (χ4n) is 3.20. The van der Waals surface area contributed by atoms with Crippen LogP contribution in [0.5, 0.6) is 0 Å². The summed E-state index contributed by atoms with van der Waals surface area (Å²) in [6.07, 6.45) is 8.64. The minimum absolute atomic E-state index is 0. The summed E-state index contributed by atoms with van der Waals surface area (Å²) in [4.78, 5) is 24.8. The van der Waals surface area contributed by atoms with Crippen LogP contribution in [0.1, 0.15) is 71.6 Å². The van der Waals surface area contributed by atoms with Crippen molar-refractivity contribution in [1.29, 1.82) is 0 Å². The molecule has 1 rings (SSSR count). The third kappa shape index (κ3) is 10.5. The summed E-state index contributed by atoms with van der Waals surface area (Å²) in [5, 5.41) is 12.6. The Morgan fingerprint density at radius 2 is 1.93 bits per heavy atom. The van der Waals surface area contributed by atoms with Crippen LogP contribution in [0.25, 0.3) is 0 Å². The molecule has 0 amide bonds. The zero-order valence-corrected chi connectivity index (χ0v) is 19.6. The fourth-order valence-corrected chi connectivity index (χ4v) is 3.92. The predicted molar refractivity (Wildman–Crippen MR) is 95.3 cm³/mol. The number of hydrogen-bond acceptors (Lipinski definition) is 8. The SMILES string of the molecule is CCCCCCCOC(=O)C(SOO[O-])C1C(=O)OCCC1CCCC.[Na+]. The van der Waals surface area contributed by atoms with Gasteiger partial charge in [-0.25, -0.2) is 0 Å². The van der Waals surface area contributed by atoms with Crippen molar-refractivity contribution in [2.75, 3.05) is 13.2 Å². The molecule has 0 saturated carbocycles. The maximum atomic E-state index is 12.5. The predicted octanol–water partition coefficient (Wildman–Crippen LogP) is 0.114. The molecule has 7 nitrogen and oxygen atoms in total. The van der Waals surface area contributed by atoms with Gasteiger partial charge in [-0.15, -0.1) is 0 Å². The first kappa shape index (κ1) is 27.2. The fraction of sp³-hybridized carbons (Fsp3) is 0.889. The standard InChI is InChI=1S/C18H32O7S.Na/c1-3-5-7-8-9-12-22-18(20)16(26-25-24-21)15-14(10-6-4-2)11-13-23-17(15)19;/h14-16,21H,3-13H2,1-2H3;/q;+1/p-1. The molecule has 1 aliphatic rings. The maximum Gasteiger partial charge on any atom is 1.00 e. The Morgan fingerprint density at radius 3 is 2.59 bits per heavy atom. The van der Waals surface area contributed by atoms with Crippen molar-refractivity contribution in [2.24, 2.45) is 11.8 Å². The Hall–Kier alpha value is 0.170. The van der Waals surface area contributed by atoms with Crippen LogP contribution in [-0.2, 0) is 28.4 Å². The number of rotatable bonds is 14. The van der Waals surface area contributed by atoms with Crippen LogP contribution in [-0.4, -0.2) is 30.4 Å². The van der Waals surface area contributed by atoms with Crippen LogP contribution in [0.15, 0.2) is 0 Å². The largest absolute Gasteiger partial charge is 1.00 e. The Bertz CT molecular complexity index is 411. The van der Waals surface area contributed by atoms with Crippen LogP contribution in [0.2, 0.25) is 0 Å². The van der Waals surface area contributed by atoms with Crippen molar-refractivity contribution < 1.29 is 63.2 Å². The second-order valence-corrected chi connectivity index (χ2v) is 7.46. The molecule has 0 aromatic rings. The number of hydrogen-bond donors (Lipinski definition) is 0. The molecule has 3 atom stereocenters. The third-order valence-corrected chi connectivity index (χ3v) is 5.49. The second-order valence-electron chi connectivity index (χ2n) is 6.62. The number of cyclic esters (lactones) is 1. The van der Waals surface area contributed by atoms with E-state index >= 15 is 0 Å². The van der Waals surface area contributed by atoms with E-state index in [1.54, 1.807) is 0 Å². The van der Waals surface area contributed by atoms with Crippen molar-refractivity contribution >= 4 is 24.0 Å². The van der Waals surface area contributed by atoms with Gasteiger partial charge < -0.3 is 14.7 Å². The number of ether oxygens (including phenoxy) is 2. The van der Waals surface area contributed by atoms with Crippen molar-refractivity contribution in [1.82, 2.24) is 0 Å². The summed E-state index contributed by atoms with van der Waals surface area (Å²) in [5.41, 5.74) is 0. The molecule has 0 N–H and O–H groups in total. The van der Waals surface area contributed by atoms with Gasteiger partial charge in [0.05, 0.1) is 19.1 Å². The zero-order chi connectivity index (χ0) is 19.2. The van der Waals surface area contributed by atoms with Gasteiger partial charge in [-0.2, -0.15) is 4.33 Å². The summed E-state index contributed by atoms with van der Waals surface area (Å²) in [6, 6.07) is 0. The second kappa shape index (κ2) is 17.1. The molecule has 27 heavy (non-hydrogen) atoms. The van der Waals surface area contributed by atoms with Crippen LogP contribution in [0.4, 0.5) is 0 Å². The molecule has 152 valence electrons. The van der Waals surface area contributed by atoms with Gasteiger partial charge in [-0.05, 0) is 25.2 Å². The Balaban J connectivity index is 0.00000676. The summed E-state index contributed by atoms with van der Waals surface area (Å²) in [6.45, 7) is 4.85. The van der Waals surface area contributed by atoms with Gasteiger partial charge >= 0.3 is 41.5 Å². The topological polar surface area (TPSA) is 94.1 Å². The molecular weight excluding hydrogens is 383 g/mol. The molecule has 0 aliphatic carbocycles. The Morgan fingerprint density at radius 1 is 1.22 bits per heavy atom. The Labute approximate surface area is 188 Å². The minimum Gasteiger partial charge on any atom is -0.691 e. The molecule has 0 aromatic heterocycles. The van der Waals surface area contributed by atoms with Crippen molar-refractivity contribution in [3.8, 4) is 0 Å². The van der Waals surface area contributed by atoms with Crippen molar-refractivity contribution in [2.45, 2.75) is 76.9 Å². The van der Waals surface area contributed by atoms with E-state index < -0.39 is 23.1 Å². The van der Waals surface area contributed by atoms with E-state index in [-0.39, 0.29) is 35.5 Å². The van der Waals surface area contributed by atoms with Gasteiger partial charge in [-0.1, -0.05) is 52.4 Å². The third-order valence-electron chi connectivity index (χ3n) is 4.66. The molecule has 3 unspecified atom stereocenters. The van der Waals surface area contributed by atoms with Gasteiger partial charge in [-0.3, -0.25) is 14.6 Å². The molecule has 1 heterocycles. The quantitative estimate of drug-likeness (QED) is 0.0988. The van der Waals surface area contributed by atoms with Gasteiger partial charge in [0.15, 0.2) is 0 Å². The number of esters is 2. The van der Waals surface area contributed by atoms with Crippen molar-refractivity contribution in [3.63, 3.8) is 0 Å². The van der Waals surface area contributed by atoms with E-state index in [9.17, 15) is 14.8 Å². The first-order chi connectivity index (χ1) is 12.7. The molecule has 9 heteroatoms. The van der Waals surface area contributed by atoms with Crippen LogP contribution >= 0.6 is 12.0 Å². The molecule has 0 radical (unpaired) electrons. The molecule has 1 saturated heterocycles. The van der Waals surface area contributed by atoms with E-state index in [0.29, 0.717) is 31.7 Å². The van der Waals surface area contributed by atoms with E-state index in [1.807, 2.05) is 0 Å². The molecule has 0 bridgehead atoms. The monoisotopic (exact) mass is 414 g/mol.